The van der Waals surface area contributed by atoms with Gasteiger partial charge in [0.2, 0.25) is 0 Å². The van der Waals surface area contributed by atoms with Gasteiger partial charge in [-0.05, 0) is 25.1 Å². The van der Waals surface area contributed by atoms with Gasteiger partial charge < -0.3 is 0 Å². The third-order valence-electron chi connectivity index (χ3n) is 1.63. The molecule has 0 aromatic carbocycles. The molecule has 0 aliphatic rings. The molecule has 0 N–H and O–H groups in total. The highest BCUT2D eigenvalue weighted by Gasteiger charge is 2.22. The Morgan fingerprint density at radius 3 is 2.33 bits per heavy atom. The minimum atomic E-state index is -3.91. The van der Waals surface area contributed by atoms with E-state index >= 15 is 0 Å². The van der Waals surface area contributed by atoms with Gasteiger partial charge in [-0.15, -0.1) is 0 Å². The Morgan fingerprint density at radius 2 is 1.83 bits per heavy atom. The number of halogens is 2. The molecule has 3 heteroatoms. The van der Waals surface area contributed by atoms with Crippen molar-refractivity contribution >= 4 is 8.74 Å². The summed E-state index contributed by atoms with van der Waals surface area (Å²) in [5.74, 6) is 0. The van der Waals surface area contributed by atoms with Crippen LogP contribution >= 0.6 is 0 Å². The van der Waals surface area contributed by atoms with Crippen LogP contribution in [0.4, 0.5) is 8.22 Å². The second-order valence-electron chi connectivity index (χ2n) is 3.21. The van der Waals surface area contributed by atoms with E-state index in [-0.39, 0.29) is 0 Å². The highest BCUT2D eigenvalue weighted by Crippen LogP contribution is 2.09. The molecule has 0 fully saturated rings. The van der Waals surface area contributed by atoms with Crippen molar-refractivity contribution in [1.29, 1.82) is 0 Å². The Balaban J connectivity index is 3.25. The van der Waals surface area contributed by atoms with Crippen LogP contribution in [0.1, 0.15) is 39.0 Å². The zero-order valence-corrected chi connectivity index (χ0v) is 8.95. The van der Waals surface area contributed by atoms with Crippen molar-refractivity contribution in [1.82, 2.24) is 0 Å². The molecule has 0 unspecified atom stereocenters. The topological polar surface area (TPSA) is 0 Å². The zero-order chi connectivity index (χ0) is 9.45. The van der Waals surface area contributed by atoms with E-state index in [1.807, 2.05) is 0 Å². The quantitative estimate of drug-likeness (QED) is 0.338. The van der Waals surface area contributed by atoms with E-state index in [1.54, 1.807) is 6.08 Å². The van der Waals surface area contributed by atoms with E-state index in [0.29, 0.717) is 0 Å². The van der Waals surface area contributed by atoms with E-state index in [1.165, 1.54) is 12.8 Å². The van der Waals surface area contributed by atoms with Crippen LogP contribution in [0.5, 0.6) is 0 Å². The van der Waals surface area contributed by atoms with Crippen LogP contribution in [-0.2, 0) is 0 Å². The monoisotopic (exact) mass is 192 g/mol. The average Bonchev–Trinajstić information content (AvgIpc) is 1.94. The smallest absolute Gasteiger partial charge is 0.265 e. The van der Waals surface area contributed by atoms with Gasteiger partial charge in [0.05, 0.1) is 0 Å². The molecule has 0 atom stereocenters. The number of rotatable bonds is 6. The van der Waals surface area contributed by atoms with Gasteiger partial charge >= 0.3 is 8.74 Å². The highest BCUT2D eigenvalue weighted by molar-refractivity contribution is 6.69. The first-order chi connectivity index (χ1) is 5.56. The van der Waals surface area contributed by atoms with Gasteiger partial charge in [0, 0.05) is 0 Å². The maximum atomic E-state index is 12.3. The summed E-state index contributed by atoms with van der Waals surface area (Å²) in [6, 6.07) is 0. The SMILES string of the molecule is CCCCCC/C=C/[Si](C)(F)F. The molecular formula is C9H18F2Si. The van der Waals surface area contributed by atoms with Gasteiger partial charge in [0.15, 0.2) is 0 Å². The molecule has 0 aliphatic heterocycles. The first-order valence-electron chi connectivity index (χ1n) is 4.62. The van der Waals surface area contributed by atoms with Crippen molar-refractivity contribution in [3.63, 3.8) is 0 Å². The average molecular weight is 192 g/mol. The standard InChI is InChI=1S/C9H18F2Si/c1-3-4-5-6-7-8-9-12(2,10)11/h8-9H,3-7H2,1-2H3/b9-8+. The van der Waals surface area contributed by atoms with Crippen molar-refractivity contribution in [2.75, 3.05) is 0 Å². The highest BCUT2D eigenvalue weighted by atomic mass is 28.4. The number of hydrogen-bond acceptors (Lipinski definition) is 0. The Labute approximate surface area is 75.0 Å². The van der Waals surface area contributed by atoms with Crippen LogP contribution in [0.15, 0.2) is 11.8 Å². The van der Waals surface area contributed by atoms with Crippen molar-refractivity contribution in [3.05, 3.63) is 11.8 Å². The zero-order valence-electron chi connectivity index (χ0n) is 7.95. The summed E-state index contributed by atoms with van der Waals surface area (Å²) in [6.45, 7) is 3.19. The number of unbranched alkanes of at least 4 members (excludes halogenated alkanes) is 4. The van der Waals surface area contributed by atoms with E-state index in [4.69, 9.17) is 0 Å². The summed E-state index contributed by atoms with van der Waals surface area (Å²) < 4.78 is 24.7. The minimum absolute atomic E-state index is 0.816. The van der Waals surface area contributed by atoms with E-state index < -0.39 is 8.74 Å². The first kappa shape index (κ1) is 11.8. The van der Waals surface area contributed by atoms with Gasteiger partial charge in [-0.2, -0.15) is 0 Å². The van der Waals surface area contributed by atoms with Crippen LogP contribution in [0, 0.1) is 0 Å². The predicted molar refractivity (Wildman–Crippen MR) is 51.7 cm³/mol. The van der Waals surface area contributed by atoms with Gasteiger partial charge in [-0.3, -0.25) is 8.22 Å². The van der Waals surface area contributed by atoms with E-state index in [0.717, 1.165) is 31.5 Å². The molecule has 0 bridgehead atoms. The van der Waals surface area contributed by atoms with Gasteiger partial charge in [-0.1, -0.05) is 32.3 Å². The maximum Gasteiger partial charge on any atom is 0.445 e. The molecule has 0 amide bonds. The summed E-state index contributed by atoms with van der Waals surface area (Å²) in [6.07, 6.45) is 7.08. The predicted octanol–water partition coefficient (Wildman–Crippen LogP) is 4.06. The van der Waals surface area contributed by atoms with Crippen molar-refractivity contribution in [2.45, 2.75) is 45.6 Å². The summed E-state index contributed by atoms with van der Waals surface area (Å²) >= 11 is 0. The summed E-state index contributed by atoms with van der Waals surface area (Å²) in [4.78, 5) is 0. The molecule has 0 radical (unpaired) electrons. The van der Waals surface area contributed by atoms with Crippen molar-refractivity contribution < 1.29 is 8.22 Å². The molecular weight excluding hydrogens is 174 g/mol. The lowest BCUT2D eigenvalue weighted by Gasteiger charge is -1.98. The molecule has 0 aliphatic carbocycles. The molecule has 72 valence electrons. The Morgan fingerprint density at radius 1 is 1.17 bits per heavy atom. The van der Waals surface area contributed by atoms with Gasteiger partial charge in [0.25, 0.3) is 0 Å². The largest absolute Gasteiger partial charge is 0.445 e. The van der Waals surface area contributed by atoms with Crippen LogP contribution in [0.3, 0.4) is 0 Å². The Kier molecular flexibility index (Phi) is 6.25. The molecule has 0 spiro atoms. The lowest BCUT2D eigenvalue weighted by atomic mass is 10.2. The number of hydrogen-bond donors (Lipinski definition) is 0. The lowest BCUT2D eigenvalue weighted by molar-refractivity contribution is 0.637. The third kappa shape index (κ3) is 9.82. The maximum absolute atomic E-state index is 12.3. The summed E-state index contributed by atoms with van der Waals surface area (Å²) in [5.41, 5.74) is 1.12. The third-order valence-corrected chi connectivity index (χ3v) is 2.46. The minimum Gasteiger partial charge on any atom is -0.265 e. The Bertz CT molecular complexity index is 127. The van der Waals surface area contributed by atoms with Crippen molar-refractivity contribution in [3.8, 4) is 0 Å². The molecule has 0 aromatic rings. The van der Waals surface area contributed by atoms with Crippen LogP contribution in [0.2, 0.25) is 6.55 Å². The second-order valence-corrected chi connectivity index (χ2v) is 5.45. The Hall–Kier alpha value is -0.183. The molecule has 0 nitrogen and oxygen atoms in total. The van der Waals surface area contributed by atoms with E-state index in [9.17, 15) is 8.22 Å². The van der Waals surface area contributed by atoms with E-state index in [2.05, 4.69) is 6.92 Å². The van der Waals surface area contributed by atoms with Crippen LogP contribution < -0.4 is 0 Å². The normalized spacial score (nSPS) is 12.7. The molecule has 0 heterocycles. The molecule has 0 rings (SSSR count). The lowest BCUT2D eigenvalue weighted by Crippen LogP contribution is -2.11. The molecule has 12 heavy (non-hydrogen) atoms. The molecule has 0 aromatic heterocycles. The first-order valence-corrected chi connectivity index (χ1v) is 6.95. The summed E-state index contributed by atoms with van der Waals surface area (Å²) in [5, 5.41) is 0. The van der Waals surface area contributed by atoms with Crippen LogP contribution in [0.25, 0.3) is 0 Å². The molecule has 0 saturated heterocycles. The number of allylic oxidation sites excluding steroid dienone is 1. The van der Waals surface area contributed by atoms with Crippen LogP contribution in [-0.4, -0.2) is 8.74 Å². The van der Waals surface area contributed by atoms with Crippen molar-refractivity contribution in [2.24, 2.45) is 0 Å². The fraction of sp³-hybridized carbons (Fsp3) is 0.778. The fourth-order valence-electron chi connectivity index (χ4n) is 0.979. The fourth-order valence-corrected chi connectivity index (χ4v) is 1.56. The van der Waals surface area contributed by atoms with Gasteiger partial charge in [-0.25, -0.2) is 0 Å². The van der Waals surface area contributed by atoms with Gasteiger partial charge in [0.1, 0.15) is 0 Å². The summed E-state index contributed by atoms with van der Waals surface area (Å²) in [7, 11) is -3.91. The molecule has 0 saturated carbocycles. The second kappa shape index (κ2) is 6.35.